The van der Waals surface area contributed by atoms with Crippen molar-refractivity contribution in [2.24, 2.45) is 0 Å². The van der Waals surface area contributed by atoms with E-state index in [1.165, 1.54) is 11.3 Å². The molecule has 1 atom stereocenters. The second-order valence-electron chi connectivity index (χ2n) is 4.68. The minimum Gasteiger partial charge on any atom is -0.301 e. The van der Waals surface area contributed by atoms with Crippen LogP contribution in [0.2, 0.25) is 0 Å². The Morgan fingerprint density at radius 2 is 1.95 bits per heavy atom. The van der Waals surface area contributed by atoms with E-state index in [1.54, 1.807) is 12.3 Å². The number of amides is 1. The number of nitrogens with one attached hydrogen (secondary N) is 1. The van der Waals surface area contributed by atoms with Gasteiger partial charge in [0, 0.05) is 11.8 Å². The molecule has 110 valence electrons. The van der Waals surface area contributed by atoms with Gasteiger partial charge in [0.25, 0.3) is 0 Å². The molecule has 21 heavy (non-hydrogen) atoms. The summed E-state index contributed by atoms with van der Waals surface area (Å²) < 4.78 is 0. The minimum atomic E-state index is -0.208. The van der Waals surface area contributed by atoms with Gasteiger partial charge in [-0.25, -0.2) is 4.98 Å². The van der Waals surface area contributed by atoms with Gasteiger partial charge in [0.15, 0.2) is 10.9 Å². The van der Waals surface area contributed by atoms with Crippen molar-refractivity contribution in [1.29, 1.82) is 0 Å². The molecular weight excluding hydrogens is 284 g/mol. The molecule has 4 nitrogen and oxygen atoms in total. The molecule has 5 heteroatoms. The van der Waals surface area contributed by atoms with Crippen LogP contribution in [0.15, 0.2) is 35.7 Å². The highest BCUT2D eigenvalue weighted by Gasteiger charge is 2.20. The van der Waals surface area contributed by atoms with E-state index >= 15 is 0 Å². The molecule has 1 amide bonds. The Balaban J connectivity index is 2.09. The van der Waals surface area contributed by atoms with E-state index in [-0.39, 0.29) is 17.6 Å². The standard InChI is InChI=1S/C16H18N2O2S/c1-3-12(11-8-6-5-7-9-11)15(20)18-16-17-13(10-21-16)14(19)4-2/h5-10,12H,3-4H2,1-2H3,(H,17,18,20). The lowest BCUT2D eigenvalue weighted by atomic mass is 9.96. The van der Waals surface area contributed by atoms with Crippen LogP contribution in [0.4, 0.5) is 5.13 Å². The molecule has 2 aromatic rings. The summed E-state index contributed by atoms with van der Waals surface area (Å²) in [6, 6.07) is 9.67. The van der Waals surface area contributed by atoms with E-state index in [2.05, 4.69) is 10.3 Å². The average molecular weight is 302 g/mol. The summed E-state index contributed by atoms with van der Waals surface area (Å²) in [6.07, 6.45) is 1.13. The zero-order valence-corrected chi connectivity index (χ0v) is 12.9. The third-order valence-electron chi connectivity index (χ3n) is 3.27. The number of hydrogen-bond donors (Lipinski definition) is 1. The van der Waals surface area contributed by atoms with Gasteiger partial charge in [-0.05, 0) is 12.0 Å². The lowest BCUT2D eigenvalue weighted by Crippen LogP contribution is -2.20. The highest BCUT2D eigenvalue weighted by molar-refractivity contribution is 7.14. The fraction of sp³-hybridized carbons (Fsp3) is 0.312. The number of ketones is 1. The molecule has 1 aromatic heterocycles. The summed E-state index contributed by atoms with van der Waals surface area (Å²) in [7, 11) is 0. The summed E-state index contributed by atoms with van der Waals surface area (Å²) in [5.74, 6) is -0.309. The number of rotatable bonds is 6. The van der Waals surface area contributed by atoms with Gasteiger partial charge < -0.3 is 5.32 Å². The molecule has 2 rings (SSSR count). The molecule has 0 fully saturated rings. The topological polar surface area (TPSA) is 59.1 Å². The van der Waals surface area contributed by atoms with Crippen molar-refractivity contribution in [3.63, 3.8) is 0 Å². The smallest absolute Gasteiger partial charge is 0.233 e. The lowest BCUT2D eigenvalue weighted by Gasteiger charge is -2.13. The Bertz CT molecular complexity index is 622. The number of aromatic nitrogens is 1. The Labute approximate surface area is 128 Å². The van der Waals surface area contributed by atoms with Crippen molar-refractivity contribution in [3.05, 3.63) is 47.0 Å². The van der Waals surface area contributed by atoms with E-state index in [1.807, 2.05) is 37.3 Å². The first-order valence-corrected chi connectivity index (χ1v) is 7.88. The first-order chi connectivity index (χ1) is 10.2. The van der Waals surface area contributed by atoms with Crippen LogP contribution in [0.1, 0.15) is 48.7 Å². The zero-order chi connectivity index (χ0) is 15.2. The number of anilines is 1. The zero-order valence-electron chi connectivity index (χ0n) is 12.1. The van der Waals surface area contributed by atoms with Gasteiger partial charge in [0.05, 0.1) is 5.92 Å². The Hall–Kier alpha value is -2.01. The predicted octanol–water partition coefficient (Wildman–Crippen LogP) is 3.87. The van der Waals surface area contributed by atoms with Crippen LogP contribution in [0.5, 0.6) is 0 Å². The second-order valence-corrected chi connectivity index (χ2v) is 5.53. The van der Waals surface area contributed by atoms with Crippen LogP contribution in [-0.4, -0.2) is 16.7 Å². The summed E-state index contributed by atoms with van der Waals surface area (Å²) >= 11 is 1.28. The maximum atomic E-state index is 12.4. The van der Waals surface area contributed by atoms with Crippen molar-refractivity contribution in [1.82, 2.24) is 4.98 Å². The normalized spacial score (nSPS) is 11.9. The van der Waals surface area contributed by atoms with E-state index in [4.69, 9.17) is 0 Å². The van der Waals surface area contributed by atoms with Crippen LogP contribution in [-0.2, 0) is 4.79 Å². The molecule has 0 radical (unpaired) electrons. The molecule has 0 aliphatic heterocycles. The maximum absolute atomic E-state index is 12.4. The molecule has 0 bridgehead atoms. The third-order valence-corrected chi connectivity index (χ3v) is 4.03. The Kier molecular flexibility index (Phi) is 5.22. The molecular formula is C16H18N2O2S. The van der Waals surface area contributed by atoms with Crippen LogP contribution in [0, 0.1) is 0 Å². The fourth-order valence-corrected chi connectivity index (χ4v) is 2.81. The van der Waals surface area contributed by atoms with Crippen LogP contribution in [0.25, 0.3) is 0 Å². The van der Waals surface area contributed by atoms with Crippen LogP contribution < -0.4 is 5.32 Å². The molecule has 0 aliphatic rings. The molecule has 1 aromatic carbocycles. The van der Waals surface area contributed by atoms with Gasteiger partial charge in [-0.15, -0.1) is 11.3 Å². The number of hydrogen-bond acceptors (Lipinski definition) is 4. The van der Waals surface area contributed by atoms with Gasteiger partial charge in [0.2, 0.25) is 5.91 Å². The number of thiazole rings is 1. The Morgan fingerprint density at radius 3 is 2.57 bits per heavy atom. The summed E-state index contributed by atoms with van der Waals surface area (Å²) in [5.41, 5.74) is 1.41. The minimum absolute atomic E-state index is 0.0122. The van der Waals surface area contributed by atoms with Crippen LogP contribution in [0.3, 0.4) is 0 Å². The van der Waals surface area contributed by atoms with Crippen molar-refractivity contribution in [3.8, 4) is 0 Å². The average Bonchev–Trinajstić information content (AvgIpc) is 2.96. The summed E-state index contributed by atoms with van der Waals surface area (Å²) in [4.78, 5) is 28.1. The molecule has 1 unspecified atom stereocenters. The van der Waals surface area contributed by atoms with Gasteiger partial charge in [-0.2, -0.15) is 0 Å². The predicted molar refractivity (Wildman–Crippen MR) is 84.8 cm³/mol. The summed E-state index contributed by atoms with van der Waals surface area (Å²) in [5, 5.41) is 4.97. The molecule has 0 spiro atoms. The highest BCUT2D eigenvalue weighted by Crippen LogP contribution is 2.23. The number of carbonyl (C=O) groups excluding carboxylic acids is 2. The van der Waals surface area contributed by atoms with E-state index in [0.717, 1.165) is 5.56 Å². The van der Waals surface area contributed by atoms with E-state index in [9.17, 15) is 9.59 Å². The van der Waals surface area contributed by atoms with Crippen LogP contribution >= 0.6 is 11.3 Å². The molecule has 1 N–H and O–H groups in total. The molecule has 0 saturated carbocycles. The number of nitrogens with zero attached hydrogens (tertiary/aromatic N) is 1. The number of carbonyl (C=O) groups is 2. The van der Waals surface area contributed by atoms with Gasteiger partial charge in [-0.3, -0.25) is 9.59 Å². The van der Waals surface area contributed by atoms with Gasteiger partial charge in [0.1, 0.15) is 5.69 Å². The van der Waals surface area contributed by atoms with Crippen molar-refractivity contribution in [2.75, 3.05) is 5.32 Å². The van der Waals surface area contributed by atoms with E-state index < -0.39 is 0 Å². The Morgan fingerprint density at radius 1 is 1.24 bits per heavy atom. The monoisotopic (exact) mass is 302 g/mol. The van der Waals surface area contributed by atoms with Crippen molar-refractivity contribution >= 4 is 28.2 Å². The van der Waals surface area contributed by atoms with Gasteiger partial charge >= 0.3 is 0 Å². The first kappa shape index (κ1) is 15.4. The van der Waals surface area contributed by atoms with E-state index in [0.29, 0.717) is 23.7 Å². The lowest BCUT2D eigenvalue weighted by molar-refractivity contribution is -0.117. The highest BCUT2D eigenvalue weighted by atomic mass is 32.1. The first-order valence-electron chi connectivity index (χ1n) is 7.00. The molecule has 1 heterocycles. The second kappa shape index (κ2) is 7.13. The fourth-order valence-electron chi connectivity index (χ4n) is 2.09. The molecule has 0 aliphatic carbocycles. The largest absolute Gasteiger partial charge is 0.301 e. The number of benzene rings is 1. The van der Waals surface area contributed by atoms with Crippen molar-refractivity contribution < 1.29 is 9.59 Å². The summed E-state index contributed by atoms with van der Waals surface area (Å²) in [6.45, 7) is 3.77. The maximum Gasteiger partial charge on any atom is 0.233 e. The third kappa shape index (κ3) is 3.76. The molecule has 0 saturated heterocycles. The SMILES string of the molecule is CCC(=O)c1csc(NC(=O)C(CC)c2ccccc2)n1. The quantitative estimate of drug-likeness (QED) is 0.824. The number of Topliss-reactive ketones (excluding diaryl/α,β-unsaturated/α-hetero) is 1. The van der Waals surface area contributed by atoms with Gasteiger partial charge in [-0.1, -0.05) is 44.2 Å². The van der Waals surface area contributed by atoms with Crippen molar-refractivity contribution in [2.45, 2.75) is 32.6 Å².